The minimum atomic E-state index is -0.303. The molecule has 0 bridgehead atoms. The summed E-state index contributed by atoms with van der Waals surface area (Å²) in [6.45, 7) is 4.58. The summed E-state index contributed by atoms with van der Waals surface area (Å²) in [4.78, 5) is 2.75. The average molecular weight is 289 g/mol. The Bertz CT molecular complexity index is 382. The zero-order chi connectivity index (χ0) is 14.7. The van der Waals surface area contributed by atoms with Crippen molar-refractivity contribution >= 4 is 0 Å². The highest BCUT2D eigenvalue weighted by Crippen LogP contribution is 2.35. The molecule has 0 spiro atoms. The minimum Gasteiger partial charge on any atom is -0.300 e. The Morgan fingerprint density at radius 2 is 1.90 bits per heavy atom. The lowest BCUT2D eigenvalue weighted by Gasteiger charge is -2.44. The van der Waals surface area contributed by atoms with E-state index in [9.17, 15) is 5.26 Å². The number of nitriles is 1. The van der Waals surface area contributed by atoms with E-state index in [-0.39, 0.29) is 5.54 Å². The standard InChI is InChI=1S/C18H31N3/c1-18(14-19,20-16-9-10-16)11-5-13-21-12-4-7-15-6-2-3-8-17(15)21/h15-17,20H,2-13H2,1H3/t15-,17-,18?/m1/s1. The molecule has 3 nitrogen and oxygen atoms in total. The van der Waals surface area contributed by atoms with Gasteiger partial charge in [0.1, 0.15) is 5.54 Å². The lowest BCUT2D eigenvalue weighted by atomic mass is 9.78. The van der Waals surface area contributed by atoms with Crippen LogP contribution >= 0.6 is 0 Å². The number of hydrogen-bond donors (Lipinski definition) is 1. The van der Waals surface area contributed by atoms with Crippen LogP contribution in [0.4, 0.5) is 0 Å². The van der Waals surface area contributed by atoms with Gasteiger partial charge in [-0.3, -0.25) is 5.32 Å². The molecule has 1 aliphatic heterocycles. The number of nitrogens with one attached hydrogen (secondary N) is 1. The fourth-order valence-electron chi connectivity index (χ4n) is 4.48. The van der Waals surface area contributed by atoms with Crippen LogP contribution in [-0.2, 0) is 0 Å². The van der Waals surface area contributed by atoms with Crippen molar-refractivity contribution in [2.75, 3.05) is 13.1 Å². The van der Waals surface area contributed by atoms with Crippen molar-refractivity contribution in [1.29, 1.82) is 5.26 Å². The molecule has 3 heteroatoms. The third-order valence-electron chi connectivity index (χ3n) is 5.83. The molecule has 2 saturated carbocycles. The van der Waals surface area contributed by atoms with Gasteiger partial charge in [-0.15, -0.1) is 0 Å². The van der Waals surface area contributed by atoms with E-state index >= 15 is 0 Å². The predicted molar refractivity (Wildman–Crippen MR) is 86.0 cm³/mol. The van der Waals surface area contributed by atoms with Crippen LogP contribution in [0.5, 0.6) is 0 Å². The van der Waals surface area contributed by atoms with Crippen molar-refractivity contribution in [2.45, 2.75) is 88.8 Å². The zero-order valence-corrected chi connectivity index (χ0v) is 13.6. The van der Waals surface area contributed by atoms with E-state index in [1.165, 1.54) is 64.5 Å². The first-order valence-electron chi connectivity index (χ1n) is 9.13. The summed E-state index contributed by atoms with van der Waals surface area (Å²) >= 11 is 0. The Morgan fingerprint density at radius 1 is 1.14 bits per heavy atom. The maximum absolute atomic E-state index is 9.46. The number of fused-ring (bicyclic) bond motifs is 1. The normalized spacial score (nSPS) is 33.0. The van der Waals surface area contributed by atoms with Crippen molar-refractivity contribution in [3.8, 4) is 6.07 Å². The van der Waals surface area contributed by atoms with Crippen LogP contribution in [0.2, 0.25) is 0 Å². The monoisotopic (exact) mass is 289 g/mol. The van der Waals surface area contributed by atoms with Gasteiger partial charge < -0.3 is 4.90 Å². The summed E-state index contributed by atoms with van der Waals surface area (Å²) in [6, 6.07) is 3.99. The van der Waals surface area contributed by atoms with E-state index in [4.69, 9.17) is 0 Å². The molecule has 1 unspecified atom stereocenters. The Morgan fingerprint density at radius 3 is 2.67 bits per heavy atom. The number of likely N-dealkylation sites (tertiary alicyclic amines) is 1. The van der Waals surface area contributed by atoms with Gasteiger partial charge in [0.05, 0.1) is 6.07 Å². The maximum atomic E-state index is 9.46. The highest BCUT2D eigenvalue weighted by Gasteiger charge is 2.34. The van der Waals surface area contributed by atoms with Gasteiger partial charge >= 0.3 is 0 Å². The van der Waals surface area contributed by atoms with Crippen molar-refractivity contribution in [2.24, 2.45) is 5.92 Å². The van der Waals surface area contributed by atoms with E-state index < -0.39 is 0 Å². The number of piperidine rings is 1. The summed E-state index contributed by atoms with van der Waals surface area (Å²) in [6.07, 6.45) is 13.3. The van der Waals surface area contributed by atoms with Crippen molar-refractivity contribution in [3.63, 3.8) is 0 Å². The molecule has 0 aromatic rings. The molecule has 1 heterocycles. The molecule has 0 radical (unpaired) electrons. The van der Waals surface area contributed by atoms with E-state index in [1.807, 2.05) is 0 Å². The number of rotatable bonds is 6. The van der Waals surface area contributed by atoms with Gasteiger partial charge in [0.25, 0.3) is 0 Å². The minimum absolute atomic E-state index is 0.303. The highest BCUT2D eigenvalue weighted by atomic mass is 15.2. The van der Waals surface area contributed by atoms with Gasteiger partial charge in [-0.1, -0.05) is 12.8 Å². The second-order valence-corrected chi connectivity index (χ2v) is 7.76. The zero-order valence-electron chi connectivity index (χ0n) is 13.6. The Labute approximate surface area is 130 Å². The smallest absolute Gasteiger partial charge is 0.104 e. The van der Waals surface area contributed by atoms with Crippen LogP contribution in [-0.4, -0.2) is 35.6 Å². The summed E-state index contributed by atoms with van der Waals surface area (Å²) in [5.74, 6) is 0.972. The Balaban J connectivity index is 1.46. The Hall–Kier alpha value is -0.590. The molecule has 2 aliphatic carbocycles. The van der Waals surface area contributed by atoms with Gasteiger partial charge in [-0.25, -0.2) is 0 Å². The molecule has 3 rings (SSSR count). The Kier molecular flexibility index (Phi) is 4.86. The first-order valence-corrected chi connectivity index (χ1v) is 9.13. The number of hydrogen-bond acceptors (Lipinski definition) is 3. The lowest BCUT2D eigenvalue weighted by molar-refractivity contribution is 0.0585. The van der Waals surface area contributed by atoms with E-state index in [0.29, 0.717) is 6.04 Å². The largest absolute Gasteiger partial charge is 0.300 e. The highest BCUT2D eigenvalue weighted by molar-refractivity contribution is 5.07. The number of nitrogens with zero attached hydrogens (tertiary/aromatic N) is 2. The summed E-state index contributed by atoms with van der Waals surface area (Å²) in [7, 11) is 0. The third kappa shape index (κ3) is 3.99. The quantitative estimate of drug-likeness (QED) is 0.814. The van der Waals surface area contributed by atoms with Crippen LogP contribution in [0, 0.1) is 17.2 Å². The average Bonchev–Trinajstić information content (AvgIpc) is 3.31. The van der Waals surface area contributed by atoms with Gasteiger partial charge in [-0.05, 0) is 77.3 Å². The van der Waals surface area contributed by atoms with E-state index in [1.54, 1.807) is 0 Å². The molecule has 3 aliphatic rings. The SMILES string of the molecule is CC(C#N)(CCCN1CCC[C@H]2CCCC[C@H]21)NC1CC1. The van der Waals surface area contributed by atoms with Crippen LogP contribution < -0.4 is 5.32 Å². The van der Waals surface area contributed by atoms with Crippen LogP contribution in [0.25, 0.3) is 0 Å². The molecule has 3 atom stereocenters. The summed E-state index contributed by atoms with van der Waals surface area (Å²) in [5.41, 5.74) is -0.303. The fraction of sp³-hybridized carbons (Fsp3) is 0.944. The molecule has 3 fully saturated rings. The molecule has 1 saturated heterocycles. The molecule has 118 valence electrons. The third-order valence-corrected chi connectivity index (χ3v) is 5.83. The lowest BCUT2D eigenvalue weighted by Crippen LogP contribution is -2.48. The second kappa shape index (κ2) is 6.67. The van der Waals surface area contributed by atoms with Crippen LogP contribution in [0.3, 0.4) is 0 Å². The first-order chi connectivity index (χ1) is 10.2. The van der Waals surface area contributed by atoms with Crippen LogP contribution in [0.15, 0.2) is 0 Å². The summed E-state index contributed by atoms with van der Waals surface area (Å²) in [5, 5.41) is 13.0. The van der Waals surface area contributed by atoms with Gasteiger partial charge in [-0.2, -0.15) is 5.26 Å². The van der Waals surface area contributed by atoms with Crippen LogP contribution in [0.1, 0.15) is 71.1 Å². The fourth-order valence-corrected chi connectivity index (χ4v) is 4.48. The first kappa shape index (κ1) is 15.3. The molecule has 1 N–H and O–H groups in total. The van der Waals surface area contributed by atoms with E-state index in [2.05, 4.69) is 23.2 Å². The predicted octanol–water partition coefficient (Wildman–Crippen LogP) is 3.46. The van der Waals surface area contributed by atoms with Crippen molar-refractivity contribution in [3.05, 3.63) is 0 Å². The maximum Gasteiger partial charge on any atom is 0.104 e. The van der Waals surface area contributed by atoms with Gasteiger partial charge in [0.2, 0.25) is 0 Å². The topological polar surface area (TPSA) is 39.1 Å². The van der Waals surface area contributed by atoms with Gasteiger partial charge in [0, 0.05) is 12.1 Å². The molecule has 0 aromatic carbocycles. The second-order valence-electron chi connectivity index (χ2n) is 7.76. The van der Waals surface area contributed by atoms with Crippen molar-refractivity contribution < 1.29 is 0 Å². The van der Waals surface area contributed by atoms with E-state index in [0.717, 1.165) is 24.8 Å². The molecular weight excluding hydrogens is 258 g/mol. The molecule has 0 amide bonds. The molecular formula is C18H31N3. The summed E-state index contributed by atoms with van der Waals surface area (Å²) < 4.78 is 0. The molecule has 21 heavy (non-hydrogen) atoms. The van der Waals surface area contributed by atoms with Crippen molar-refractivity contribution in [1.82, 2.24) is 10.2 Å². The molecule has 0 aromatic heterocycles. The van der Waals surface area contributed by atoms with Gasteiger partial charge in [0.15, 0.2) is 0 Å².